The zero-order valence-corrected chi connectivity index (χ0v) is 17.1. The van der Waals surface area contributed by atoms with E-state index in [1.807, 2.05) is 20.8 Å². The molecule has 8 heteroatoms. The van der Waals surface area contributed by atoms with E-state index in [1.54, 1.807) is 30.3 Å². The van der Waals surface area contributed by atoms with Crippen LogP contribution >= 0.6 is 0 Å². The molecule has 1 atom stereocenters. The molecular weight excluding hydrogens is 368 g/mol. The van der Waals surface area contributed by atoms with Gasteiger partial charge in [0.15, 0.2) is 6.10 Å². The molecule has 0 radical (unpaired) electrons. The number of hydrogen-bond donors (Lipinski definition) is 1. The lowest BCUT2D eigenvalue weighted by Gasteiger charge is -2.31. The topological polar surface area (TPSA) is 92.8 Å². The van der Waals surface area contributed by atoms with Crippen LogP contribution in [0.5, 0.6) is 0 Å². The Bertz CT molecular complexity index is 763. The zero-order valence-electron chi connectivity index (χ0n) is 16.3. The van der Waals surface area contributed by atoms with Gasteiger partial charge in [0.1, 0.15) is 0 Å². The van der Waals surface area contributed by atoms with Crippen molar-refractivity contribution in [2.24, 2.45) is 5.92 Å². The first kappa shape index (κ1) is 21.4. The number of amides is 1. The van der Waals surface area contributed by atoms with E-state index in [-0.39, 0.29) is 23.9 Å². The summed E-state index contributed by atoms with van der Waals surface area (Å²) in [6.07, 6.45) is -0.139. The molecule has 1 saturated heterocycles. The highest BCUT2D eigenvalue weighted by molar-refractivity contribution is 7.89. The van der Waals surface area contributed by atoms with Crippen LogP contribution < -0.4 is 5.32 Å². The Balaban J connectivity index is 1.90. The Kier molecular flexibility index (Phi) is 6.64. The molecule has 27 heavy (non-hydrogen) atoms. The molecular formula is C19H28N2O5S. The molecule has 1 amide bonds. The number of benzene rings is 1. The summed E-state index contributed by atoms with van der Waals surface area (Å²) in [7, 11) is -3.55. The summed E-state index contributed by atoms with van der Waals surface area (Å²) < 4.78 is 31.9. The quantitative estimate of drug-likeness (QED) is 0.768. The van der Waals surface area contributed by atoms with Gasteiger partial charge in [-0.05, 0) is 52.7 Å². The van der Waals surface area contributed by atoms with E-state index in [2.05, 4.69) is 5.32 Å². The molecule has 150 valence electrons. The lowest BCUT2D eigenvalue weighted by Crippen LogP contribution is -2.47. The molecule has 1 fully saturated rings. The molecule has 7 nitrogen and oxygen atoms in total. The van der Waals surface area contributed by atoms with E-state index < -0.39 is 33.6 Å². The number of hydrogen-bond acceptors (Lipinski definition) is 5. The highest BCUT2D eigenvalue weighted by atomic mass is 32.2. The summed E-state index contributed by atoms with van der Waals surface area (Å²) in [6, 6.07) is 8.25. The summed E-state index contributed by atoms with van der Waals surface area (Å²) in [6.45, 7) is 7.58. The fraction of sp³-hybridized carbons (Fsp3) is 0.579. The van der Waals surface area contributed by atoms with Crippen LogP contribution in [-0.4, -0.2) is 49.3 Å². The lowest BCUT2D eigenvalue weighted by atomic mass is 9.98. The van der Waals surface area contributed by atoms with Gasteiger partial charge in [-0.3, -0.25) is 9.59 Å². The van der Waals surface area contributed by atoms with Crippen molar-refractivity contribution in [3.63, 3.8) is 0 Å². The predicted molar refractivity (Wildman–Crippen MR) is 101 cm³/mol. The largest absolute Gasteiger partial charge is 0.452 e. The van der Waals surface area contributed by atoms with Crippen molar-refractivity contribution in [2.45, 2.75) is 57.1 Å². The third kappa shape index (κ3) is 5.77. The molecule has 1 N–H and O–H groups in total. The Morgan fingerprint density at radius 2 is 1.70 bits per heavy atom. The van der Waals surface area contributed by atoms with Gasteiger partial charge in [0, 0.05) is 18.6 Å². The smallest absolute Gasteiger partial charge is 0.309 e. The van der Waals surface area contributed by atoms with Gasteiger partial charge in [0.05, 0.1) is 10.8 Å². The molecule has 0 bridgehead atoms. The normalized spacial score (nSPS) is 17.9. The molecule has 0 saturated carbocycles. The first-order valence-electron chi connectivity index (χ1n) is 9.08. The highest BCUT2D eigenvalue weighted by Gasteiger charge is 2.34. The number of nitrogens with one attached hydrogen (secondary N) is 1. The molecule has 0 aliphatic carbocycles. The Morgan fingerprint density at radius 1 is 1.15 bits per heavy atom. The summed E-state index contributed by atoms with van der Waals surface area (Å²) >= 11 is 0. The van der Waals surface area contributed by atoms with Gasteiger partial charge in [-0.25, -0.2) is 8.42 Å². The second kappa shape index (κ2) is 8.39. The number of carbonyl (C=O) groups excluding carboxylic acids is 2. The number of nitrogens with zero attached hydrogens (tertiary/aromatic N) is 1. The van der Waals surface area contributed by atoms with Crippen LogP contribution in [0.1, 0.15) is 40.5 Å². The van der Waals surface area contributed by atoms with Crippen LogP contribution in [0.2, 0.25) is 0 Å². The van der Waals surface area contributed by atoms with Crippen molar-refractivity contribution in [3.05, 3.63) is 30.3 Å². The molecule has 1 aliphatic heterocycles. The molecule has 1 heterocycles. The standard InChI is InChI=1S/C19H28N2O5S/c1-14(17(22)20-19(2,3)4)26-18(23)15-10-12-21(13-11-15)27(24,25)16-8-6-5-7-9-16/h5-9,14-15H,10-13H2,1-4H3,(H,20,22). The number of carbonyl (C=O) groups is 2. The number of piperidine rings is 1. The summed E-state index contributed by atoms with van der Waals surface area (Å²) in [5.41, 5.74) is -0.408. The van der Waals surface area contributed by atoms with E-state index in [1.165, 1.54) is 11.2 Å². The Hall–Kier alpha value is -1.93. The SMILES string of the molecule is CC(OC(=O)C1CCN(S(=O)(=O)c2ccccc2)CC1)C(=O)NC(C)(C)C. The summed E-state index contributed by atoms with van der Waals surface area (Å²) in [5.74, 6) is -1.21. The number of esters is 1. The van der Waals surface area contributed by atoms with E-state index in [4.69, 9.17) is 4.74 Å². The Labute approximate surface area is 161 Å². The molecule has 1 aliphatic rings. The van der Waals surface area contributed by atoms with Crippen molar-refractivity contribution in [3.8, 4) is 0 Å². The maximum absolute atomic E-state index is 12.6. The van der Waals surface area contributed by atoms with Gasteiger partial charge < -0.3 is 10.1 Å². The molecule has 1 aromatic rings. The van der Waals surface area contributed by atoms with E-state index in [0.29, 0.717) is 12.8 Å². The third-order valence-corrected chi connectivity index (χ3v) is 6.24. The van der Waals surface area contributed by atoms with Crippen molar-refractivity contribution >= 4 is 21.9 Å². The van der Waals surface area contributed by atoms with Gasteiger partial charge in [-0.2, -0.15) is 4.31 Å². The second-order valence-electron chi connectivity index (χ2n) is 7.81. The second-order valence-corrected chi connectivity index (χ2v) is 9.75. The van der Waals surface area contributed by atoms with E-state index in [0.717, 1.165) is 0 Å². The van der Waals surface area contributed by atoms with Crippen LogP contribution in [0.15, 0.2) is 35.2 Å². The minimum Gasteiger partial charge on any atom is -0.452 e. The Morgan fingerprint density at radius 3 is 2.22 bits per heavy atom. The van der Waals surface area contributed by atoms with Gasteiger partial charge >= 0.3 is 5.97 Å². The number of rotatable bonds is 5. The molecule has 2 rings (SSSR count). The highest BCUT2D eigenvalue weighted by Crippen LogP contribution is 2.24. The van der Waals surface area contributed by atoms with Crippen LogP contribution in [-0.2, 0) is 24.3 Å². The molecule has 1 unspecified atom stereocenters. The average Bonchev–Trinajstić information content (AvgIpc) is 2.61. The van der Waals surface area contributed by atoms with Crippen molar-refractivity contribution < 1.29 is 22.7 Å². The average molecular weight is 397 g/mol. The van der Waals surface area contributed by atoms with E-state index >= 15 is 0 Å². The van der Waals surface area contributed by atoms with Crippen LogP contribution in [0, 0.1) is 5.92 Å². The predicted octanol–water partition coefficient (Wildman–Crippen LogP) is 1.93. The van der Waals surface area contributed by atoms with Gasteiger partial charge in [0.25, 0.3) is 5.91 Å². The number of sulfonamides is 1. The van der Waals surface area contributed by atoms with Gasteiger partial charge in [-0.1, -0.05) is 18.2 Å². The minimum absolute atomic E-state index is 0.249. The zero-order chi connectivity index (χ0) is 20.2. The summed E-state index contributed by atoms with van der Waals surface area (Å²) in [4.78, 5) is 24.6. The fourth-order valence-electron chi connectivity index (χ4n) is 2.87. The maximum Gasteiger partial charge on any atom is 0.309 e. The van der Waals surface area contributed by atoms with Crippen molar-refractivity contribution in [1.29, 1.82) is 0 Å². The van der Waals surface area contributed by atoms with Crippen LogP contribution in [0.4, 0.5) is 0 Å². The third-order valence-electron chi connectivity index (χ3n) is 4.33. The molecule has 1 aromatic carbocycles. The van der Waals surface area contributed by atoms with Crippen LogP contribution in [0.3, 0.4) is 0 Å². The van der Waals surface area contributed by atoms with Crippen molar-refractivity contribution in [1.82, 2.24) is 9.62 Å². The fourth-order valence-corrected chi connectivity index (χ4v) is 4.36. The van der Waals surface area contributed by atoms with Gasteiger partial charge in [-0.15, -0.1) is 0 Å². The first-order chi connectivity index (χ1) is 12.5. The molecule has 0 aromatic heterocycles. The monoisotopic (exact) mass is 396 g/mol. The summed E-state index contributed by atoms with van der Waals surface area (Å²) in [5, 5.41) is 2.77. The maximum atomic E-state index is 12.6. The molecule has 0 spiro atoms. The van der Waals surface area contributed by atoms with Crippen molar-refractivity contribution in [2.75, 3.05) is 13.1 Å². The van der Waals surface area contributed by atoms with Crippen LogP contribution in [0.25, 0.3) is 0 Å². The van der Waals surface area contributed by atoms with E-state index in [9.17, 15) is 18.0 Å². The lowest BCUT2D eigenvalue weighted by molar-refractivity contribution is -0.160. The number of ether oxygens (including phenoxy) is 1. The minimum atomic E-state index is -3.55. The first-order valence-corrected chi connectivity index (χ1v) is 10.5. The van der Waals surface area contributed by atoms with Gasteiger partial charge in [0.2, 0.25) is 10.0 Å².